The Morgan fingerprint density at radius 3 is 2.53 bits per heavy atom. The smallest absolute Gasteiger partial charge is 0.249 e. The highest BCUT2D eigenvalue weighted by atomic mass is 35.5. The van der Waals surface area contributed by atoms with Gasteiger partial charge in [0.15, 0.2) is 0 Å². The molecule has 3 aromatic carbocycles. The predicted octanol–water partition coefficient (Wildman–Crippen LogP) is 9.71. The molecule has 0 unspecified atom stereocenters. The molecular formula is C42H42Cl2F2N4O3. The number of halogens is 4. The van der Waals surface area contributed by atoms with Gasteiger partial charge in [0.05, 0.1) is 22.2 Å². The van der Waals surface area contributed by atoms with Crippen LogP contribution in [0, 0.1) is 16.7 Å². The molecule has 0 bridgehead atoms. The lowest BCUT2D eigenvalue weighted by molar-refractivity contribution is -0.213. The summed E-state index contributed by atoms with van der Waals surface area (Å²) in [5.74, 6) is -0.616. The topological polar surface area (TPSA) is 79.6 Å². The van der Waals surface area contributed by atoms with Crippen LogP contribution in [-0.4, -0.2) is 48.1 Å². The van der Waals surface area contributed by atoms with Crippen LogP contribution >= 0.6 is 23.2 Å². The molecule has 1 spiro atoms. The summed E-state index contributed by atoms with van der Waals surface area (Å²) < 4.78 is 45.8. The first-order valence-electron chi connectivity index (χ1n) is 18.5. The molecule has 1 atom stereocenters. The number of pyridine rings is 1. The normalized spacial score (nSPS) is 19.8. The highest BCUT2D eigenvalue weighted by Crippen LogP contribution is 2.56. The van der Waals surface area contributed by atoms with Gasteiger partial charge in [-0.2, -0.15) is 5.26 Å². The van der Waals surface area contributed by atoms with Crippen LogP contribution in [0.15, 0.2) is 67.0 Å². The highest BCUT2D eigenvalue weighted by Gasteiger charge is 2.61. The summed E-state index contributed by atoms with van der Waals surface area (Å²) in [4.78, 5) is 6.41. The Kier molecular flexibility index (Phi) is 10.2. The van der Waals surface area contributed by atoms with Gasteiger partial charge in [0.25, 0.3) is 0 Å². The van der Waals surface area contributed by atoms with Crippen LogP contribution in [0.3, 0.4) is 0 Å². The van der Waals surface area contributed by atoms with E-state index in [2.05, 4.69) is 33.4 Å². The minimum absolute atomic E-state index is 0.0279. The molecule has 1 aliphatic heterocycles. The van der Waals surface area contributed by atoms with Crippen LogP contribution in [0.5, 0.6) is 17.2 Å². The van der Waals surface area contributed by atoms with Gasteiger partial charge < -0.3 is 24.4 Å². The third kappa shape index (κ3) is 7.84. The number of hydrogen-bond donors (Lipinski definition) is 1. The third-order valence-electron chi connectivity index (χ3n) is 11.1. The van der Waals surface area contributed by atoms with Crippen LogP contribution in [-0.2, 0) is 19.6 Å². The molecule has 2 heterocycles. The molecule has 4 aromatic rings. The van der Waals surface area contributed by atoms with E-state index in [1.165, 1.54) is 18.2 Å². The summed E-state index contributed by atoms with van der Waals surface area (Å²) in [7, 11) is 0. The first-order valence-corrected chi connectivity index (χ1v) is 19.3. The largest absolute Gasteiger partial charge is 0.492 e. The van der Waals surface area contributed by atoms with Crippen molar-refractivity contribution in [2.24, 2.45) is 5.41 Å². The van der Waals surface area contributed by atoms with Crippen molar-refractivity contribution in [3.63, 3.8) is 0 Å². The van der Waals surface area contributed by atoms with Crippen LogP contribution < -0.4 is 19.5 Å². The predicted molar refractivity (Wildman–Crippen MR) is 201 cm³/mol. The zero-order chi connectivity index (χ0) is 36.6. The fraction of sp³-hybridized carbons (Fsp3) is 0.429. The first kappa shape index (κ1) is 36.1. The van der Waals surface area contributed by atoms with Crippen LogP contribution in [0.2, 0.25) is 10.0 Å². The first-order chi connectivity index (χ1) is 25.7. The molecule has 0 amide bonds. The van der Waals surface area contributed by atoms with E-state index >= 15 is 0 Å². The van der Waals surface area contributed by atoms with Crippen molar-refractivity contribution >= 4 is 23.2 Å². The maximum atomic E-state index is 13.4. The van der Waals surface area contributed by atoms with Gasteiger partial charge in [-0.15, -0.1) is 0 Å². The van der Waals surface area contributed by atoms with Crippen molar-refractivity contribution in [2.75, 3.05) is 26.2 Å². The standard InChI is InChI=1S/C42H42Cl2F2N4O3/c43-35-16-29(21-49-30-5-1-6-30)38(52-22-28-15-27(18-47)19-48-20-28)17-39(35)53-36-12-11-32-31(7-2-8-33(32)36)34-9-3-10-37(40(34)44)51-14-4-13-50-25-41(26-50)23-42(45,46)24-41/h2-3,7-10,15-17,19-20,30,36,49H,1,4-6,11-14,21-26H2/t36-/m0/s1. The number of nitrogens with one attached hydrogen (secondary N) is 1. The van der Waals surface area contributed by atoms with Gasteiger partial charge in [-0.3, -0.25) is 4.98 Å². The Morgan fingerprint density at radius 2 is 1.75 bits per heavy atom. The molecular weight excluding hydrogens is 717 g/mol. The maximum Gasteiger partial charge on any atom is 0.249 e. The van der Waals surface area contributed by atoms with E-state index in [0.717, 1.165) is 79.6 Å². The zero-order valence-corrected chi connectivity index (χ0v) is 31.0. The average molecular weight is 760 g/mol. The number of nitriles is 1. The summed E-state index contributed by atoms with van der Waals surface area (Å²) in [5, 5.41) is 14.0. The van der Waals surface area contributed by atoms with E-state index in [-0.39, 0.29) is 31.0 Å². The Bertz CT molecular complexity index is 2020. The molecule has 53 heavy (non-hydrogen) atoms. The number of aromatic nitrogens is 1. The maximum absolute atomic E-state index is 13.4. The number of fused-ring (bicyclic) bond motifs is 1. The minimum Gasteiger partial charge on any atom is -0.492 e. The van der Waals surface area contributed by atoms with Crippen molar-refractivity contribution in [1.82, 2.24) is 15.2 Å². The molecule has 276 valence electrons. The van der Waals surface area contributed by atoms with Crippen molar-refractivity contribution in [1.29, 1.82) is 5.26 Å². The molecule has 11 heteroatoms. The number of hydrogen-bond acceptors (Lipinski definition) is 7. The van der Waals surface area contributed by atoms with E-state index < -0.39 is 5.92 Å². The van der Waals surface area contributed by atoms with E-state index in [1.54, 1.807) is 12.3 Å². The summed E-state index contributed by atoms with van der Waals surface area (Å²) in [6, 6.07) is 20.3. The van der Waals surface area contributed by atoms with Crippen molar-refractivity contribution in [3.05, 3.63) is 105 Å². The summed E-state index contributed by atoms with van der Waals surface area (Å²) >= 11 is 13.9. The van der Waals surface area contributed by atoms with Gasteiger partial charge in [0, 0.05) is 85.6 Å². The Hall–Kier alpha value is -3.94. The van der Waals surface area contributed by atoms with E-state index in [9.17, 15) is 14.0 Å². The minimum atomic E-state index is -2.47. The number of alkyl halides is 2. The molecule has 1 N–H and O–H groups in total. The molecule has 2 saturated carbocycles. The zero-order valence-electron chi connectivity index (χ0n) is 29.5. The van der Waals surface area contributed by atoms with Crippen LogP contribution in [0.25, 0.3) is 11.1 Å². The van der Waals surface area contributed by atoms with Gasteiger partial charge in [-0.05, 0) is 67.0 Å². The Morgan fingerprint density at radius 1 is 0.943 bits per heavy atom. The fourth-order valence-electron chi connectivity index (χ4n) is 8.37. The molecule has 8 rings (SSSR count). The van der Waals surface area contributed by atoms with Crippen molar-refractivity contribution in [2.45, 2.75) is 82.6 Å². The van der Waals surface area contributed by atoms with Crippen LogP contribution in [0.1, 0.15) is 78.9 Å². The molecule has 3 aliphatic carbocycles. The number of ether oxygens (including phenoxy) is 3. The van der Waals surface area contributed by atoms with Gasteiger partial charge in [-0.1, -0.05) is 60.0 Å². The van der Waals surface area contributed by atoms with Gasteiger partial charge >= 0.3 is 0 Å². The van der Waals surface area contributed by atoms with E-state index in [1.807, 2.05) is 36.4 Å². The SMILES string of the molecule is N#Cc1cncc(COc2cc(O[C@H]3CCc4c(-c5cccc(OCCCN6CC7(C6)CC(F)(F)C7)c5Cl)cccc43)c(Cl)cc2CNC2CCC2)c1. The monoisotopic (exact) mass is 758 g/mol. The fourth-order valence-corrected chi connectivity index (χ4v) is 8.88. The molecule has 0 radical (unpaired) electrons. The average Bonchev–Trinajstić information content (AvgIpc) is 3.51. The molecule has 4 aliphatic rings. The second-order valence-electron chi connectivity index (χ2n) is 15.1. The van der Waals surface area contributed by atoms with Gasteiger partial charge in [0.2, 0.25) is 5.92 Å². The summed E-state index contributed by atoms with van der Waals surface area (Å²) in [6.07, 6.45) is 9.04. The molecule has 3 fully saturated rings. The van der Waals surface area contributed by atoms with Crippen molar-refractivity contribution < 1.29 is 23.0 Å². The van der Waals surface area contributed by atoms with Gasteiger partial charge in [0.1, 0.15) is 36.0 Å². The lowest BCUT2D eigenvalue weighted by Crippen LogP contribution is -2.65. The highest BCUT2D eigenvalue weighted by molar-refractivity contribution is 6.35. The number of likely N-dealkylation sites (tertiary alicyclic amines) is 1. The Balaban J connectivity index is 0.942. The van der Waals surface area contributed by atoms with Crippen LogP contribution in [0.4, 0.5) is 8.78 Å². The lowest BCUT2D eigenvalue weighted by atomic mass is 9.61. The molecule has 7 nitrogen and oxygen atoms in total. The lowest BCUT2D eigenvalue weighted by Gasteiger charge is -2.58. The third-order valence-corrected chi connectivity index (χ3v) is 11.8. The number of rotatable bonds is 14. The summed E-state index contributed by atoms with van der Waals surface area (Å²) in [6.45, 7) is 3.70. The number of benzene rings is 3. The second-order valence-corrected chi connectivity index (χ2v) is 15.9. The number of nitrogens with zero attached hydrogens (tertiary/aromatic N) is 3. The second kappa shape index (κ2) is 15.1. The van der Waals surface area contributed by atoms with E-state index in [4.69, 9.17) is 37.4 Å². The Labute approximate surface area is 319 Å². The van der Waals surface area contributed by atoms with Gasteiger partial charge in [-0.25, -0.2) is 8.78 Å². The van der Waals surface area contributed by atoms with Crippen molar-refractivity contribution in [3.8, 4) is 34.4 Å². The molecule has 1 aromatic heterocycles. The quantitative estimate of drug-likeness (QED) is 0.128. The summed E-state index contributed by atoms with van der Waals surface area (Å²) in [5.41, 5.74) is 6.30. The molecule has 1 saturated heterocycles. The van der Waals surface area contributed by atoms with E-state index in [0.29, 0.717) is 52.1 Å².